The summed E-state index contributed by atoms with van der Waals surface area (Å²) < 4.78 is 11.7. The smallest absolute Gasteiger partial charge is 0.492 e. The monoisotopic (exact) mass is 310 g/mol. The Labute approximate surface area is 127 Å². The average molecular weight is 310 g/mol. The third kappa shape index (κ3) is 3.18. The van der Waals surface area contributed by atoms with Gasteiger partial charge in [0.2, 0.25) is 0 Å². The van der Waals surface area contributed by atoms with E-state index in [0.29, 0.717) is 11.2 Å². The van der Waals surface area contributed by atoms with Crippen molar-refractivity contribution in [2.45, 2.75) is 38.9 Å². The van der Waals surface area contributed by atoms with Crippen LogP contribution in [0.15, 0.2) is 10.9 Å². The summed E-state index contributed by atoms with van der Waals surface area (Å²) in [5.74, 6) is -1.32. The predicted molar refractivity (Wildman–Crippen MR) is 77.6 cm³/mol. The molecule has 1 fully saturated rings. The molecule has 0 spiro atoms. The van der Waals surface area contributed by atoms with Crippen LogP contribution in [-0.4, -0.2) is 41.0 Å². The Hall–Kier alpha value is -1.22. The molecular formula is C13H17BNO5S-. The summed E-state index contributed by atoms with van der Waals surface area (Å²) in [6, 6.07) is 0. The first-order valence-corrected chi connectivity index (χ1v) is 7.38. The summed E-state index contributed by atoms with van der Waals surface area (Å²) in [7, 11) is -0.687. The zero-order chi connectivity index (χ0) is 15.8. The van der Waals surface area contributed by atoms with Crippen molar-refractivity contribution in [3.63, 3.8) is 0 Å². The minimum Gasteiger partial charge on any atom is -0.542 e. The van der Waals surface area contributed by atoms with E-state index in [1.54, 1.807) is 11.5 Å². The number of nitrogens with zero attached hydrogens (tertiary/aromatic N) is 1. The Morgan fingerprint density at radius 2 is 2.00 bits per heavy atom. The van der Waals surface area contributed by atoms with Crippen LogP contribution in [0.1, 0.15) is 43.2 Å². The van der Waals surface area contributed by atoms with E-state index in [4.69, 9.17) is 9.31 Å². The third-order valence-electron chi connectivity index (χ3n) is 3.77. The Kier molecular flexibility index (Phi) is 4.25. The van der Waals surface area contributed by atoms with E-state index in [1.165, 1.54) is 0 Å². The van der Waals surface area contributed by atoms with Gasteiger partial charge in [0.05, 0.1) is 23.5 Å². The highest BCUT2D eigenvalue weighted by Crippen LogP contribution is 2.38. The summed E-state index contributed by atoms with van der Waals surface area (Å²) in [5, 5.41) is 21.7. The number of carboxylic acid groups (broad SMARTS) is 1. The fraction of sp³-hybridized carbons (Fsp3) is 0.538. The SMILES string of the molecule is CC1(C)OB(C(=Cc2csc(C(=O)[O-])n2)CO)OC1(C)C. The molecule has 1 saturated heterocycles. The summed E-state index contributed by atoms with van der Waals surface area (Å²) in [6.07, 6.45) is 1.57. The fourth-order valence-corrected chi connectivity index (χ4v) is 2.43. The Bertz CT molecular complexity index is 565. The van der Waals surface area contributed by atoms with Crippen LogP contribution in [0.4, 0.5) is 0 Å². The van der Waals surface area contributed by atoms with Crippen LogP contribution < -0.4 is 5.11 Å². The van der Waals surface area contributed by atoms with Crippen LogP contribution in [0.5, 0.6) is 0 Å². The molecule has 21 heavy (non-hydrogen) atoms. The molecule has 1 aromatic rings. The molecule has 0 aliphatic carbocycles. The molecule has 114 valence electrons. The third-order valence-corrected chi connectivity index (χ3v) is 4.61. The molecule has 2 heterocycles. The van der Waals surface area contributed by atoms with Crippen LogP contribution in [-0.2, 0) is 9.31 Å². The molecule has 0 bridgehead atoms. The standard InChI is InChI=1S/C13H18BNO5S/c1-12(2)13(3,4)20-14(19-12)8(6-16)5-9-7-21-10(15-9)11(17)18/h5,7,16H,6H2,1-4H3,(H,17,18)/p-1. The lowest BCUT2D eigenvalue weighted by molar-refractivity contribution is -0.255. The average Bonchev–Trinajstić information content (AvgIpc) is 2.90. The van der Waals surface area contributed by atoms with Crippen molar-refractivity contribution in [3.05, 3.63) is 21.6 Å². The van der Waals surface area contributed by atoms with Crippen molar-refractivity contribution >= 4 is 30.5 Å². The molecule has 2 rings (SSSR count). The normalized spacial score (nSPS) is 20.8. The predicted octanol–water partition coefficient (Wildman–Crippen LogP) is 0.514. The number of hydrogen-bond acceptors (Lipinski definition) is 7. The maximum absolute atomic E-state index is 10.7. The Balaban J connectivity index is 2.24. The molecule has 8 heteroatoms. The first kappa shape index (κ1) is 16.2. The molecule has 0 radical (unpaired) electrons. The molecule has 0 saturated carbocycles. The van der Waals surface area contributed by atoms with Crippen LogP contribution in [0.3, 0.4) is 0 Å². The molecule has 6 nitrogen and oxygen atoms in total. The van der Waals surface area contributed by atoms with Gasteiger partial charge < -0.3 is 24.3 Å². The second kappa shape index (κ2) is 5.53. The van der Waals surface area contributed by atoms with Crippen LogP contribution in [0, 0.1) is 0 Å². The van der Waals surface area contributed by atoms with Gasteiger partial charge in [-0.2, -0.15) is 0 Å². The number of carboxylic acids is 1. The zero-order valence-corrected chi connectivity index (χ0v) is 13.2. The maximum Gasteiger partial charge on any atom is 0.492 e. The van der Waals surface area contributed by atoms with Gasteiger partial charge in [-0.15, -0.1) is 11.3 Å². The Morgan fingerprint density at radius 3 is 2.43 bits per heavy atom. The number of aromatic carboxylic acids is 1. The number of aliphatic hydroxyl groups is 1. The van der Waals surface area contributed by atoms with Gasteiger partial charge in [0.15, 0.2) is 0 Å². The topological polar surface area (TPSA) is 91.7 Å². The number of hydrogen-bond donors (Lipinski definition) is 1. The number of aliphatic hydroxyl groups excluding tert-OH is 1. The van der Waals surface area contributed by atoms with E-state index in [0.717, 1.165) is 11.3 Å². The molecule has 1 aliphatic heterocycles. The number of aromatic nitrogens is 1. The van der Waals surface area contributed by atoms with Gasteiger partial charge in [0, 0.05) is 5.38 Å². The van der Waals surface area contributed by atoms with Gasteiger partial charge in [-0.3, -0.25) is 0 Å². The minimum atomic E-state index is -1.32. The molecule has 0 unspecified atom stereocenters. The summed E-state index contributed by atoms with van der Waals surface area (Å²) in [5.41, 5.74) is -0.101. The van der Waals surface area contributed by atoms with E-state index in [2.05, 4.69) is 4.98 Å². The number of rotatable bonds is 4. The first-order valence-electron chi connectivity index (χ1n) is 6.50. The molecule has 1 aliphatic rings. The van der Waals surface area contributed by atoms with Crippen molar-refractivity contribution in [2.24, 2.45) is 0 Å². The number of carbonyl (C=O) groups excluding carboxylic acids is 1. The van der Waals surface area contributed by atoms with Crippen molar-refractivity contribution in [2.75, 3.05) is 6.61 Å². The van der Waals surface area contributed by atoms with Gasteiger partial charge in [0.25, 0.3) is 0 Å². The number of thiazole rings is 1. The molecular weight excluding hydrogens is 293 g/mol. The van der Waals surface area contributed by atoms with E-state index < -0.39 is 24.3 Å². The van der Waals surface area contributed by atoms with Crippen molar-refractivity contribution in [3.8, 4) is 0 Å². The fourth-order valence-electron chi connectivity index (χ4n) is 1.82. The summed E-state index contributed by atoms with van der Waals surface area (Å²) in [4.78, 5) is 14.6. The van der Waals surface area contributed by atoms with E-state index in [9.17, 15) is 15.0 Å². The molecule has 1 N–H and O–H groups in total. The van der Waals surface area contributed by atoms with Crippen molar-refractivity contribution < 1.29 is 24.3 Å². The lowest BCUT2D eigenvalue weighted by atomic mass is 9.78. The zero-order valence-electron chi connectivity index (χ0n) is 12.4. The second-order valence-electron chi connectivity index (χ2n) is 5.83. The van der Waals surface area contributed by atoms with Crippen LogP contribution in [0.2, 0.25) is 0 Å². The van der Waals surface area contributed by atoms with Gasteiger partial charge >= 0.3 is 7.12 Å². The highest BCUT2D eigenvalue weighted by molar-refractivity contribution is 7.11. The highest BCUT2D eigenvalue weighted by Gasteiger charge is 2.52. The van der Waals surface area contributed by atoms with E-state index in [-0.39, 0.29) is 11.6 Å². The van der Waals surface area contributed by atoms with Gasteiger partial charge in [-0.05, 0) is 39.2 Å². The number of carbonyl (C=O) groups is 1. The minimum absolute atomic E-state index is 0.104. The Morgan fingerprint density at radius 1 is 1.43 bits per heavy atom. The van der Waals surface area contributed by atoms with Crippen molar-refractivity contribution in [1.29, 1.82) is 0 Å². The molecule has 0 atom stereocenters. The largest absolute Gasteiger partial charge is 0.542 e. The first-order chi connectivity index (χ1) is 9.66. The lowest BCUT2D eigenvalue weighted by Crippen LogP contribution is -2.41. The van der Waals surface area contributed by atoms with Crippen molar-refractivity contribution in [1.82, 2.24) is 4.98 Å². The maximum atomic E-state index is 10.7. The lowest BCUT2D eigenvalue weighted by Gasteiger charge is -2.32. The van der Waals surface area contributed by atoms with E-state index >= 15 is 0 Å². The molecule has 1 aromatic heterocycles. The highest BCUT2D eigenvalue weighted by atomic mass is 32.1. The summed E-state index contributed by atoms with van der Waals surface area (Å²) in [6.45, 7) is 7.39. The van der Waals surface area contributed by atoms with Gasteiger partial charge in [-0.1, -0.05) is 0 Å². The molecule has 0 amide bonds. The van der Waals surface area contributed by atoms with Gasteiger partial charge in [0.1, 0.15) is 11.0 Å². The molecule has 0 aromatic carbocycles. The quantitative estimate of drug-likeness (QED) is 0.815. The van der Waals surface area contributed by atoms with E-state index in [1.807, 2.05) is 27.7 Å². The second-order valence-corrected chi connectivity index (χ2v) is 6.69. The van der Waals surface area contributed by atoms with Crippen LogP contribution >= 0.6 is 11.3 Å². The van der Waals surface area contributed by atoms with Crippen LogP contribution in [0.25, 0.3) is 6.08 Å². The van der Waals surface area contributed by atoms with Gasteiger partial charge in [-0.25, -0.2) is 4.98 Å². The summed E-state index contributed by atoms with van der Waals surface area (Å²) >= 11 is 0.971.